The van der Waals surface area contributed by atoms with Crippen LogP contribution in [0.4, 0.5) is 0 Å². The number of rotatable bonds is 3. The highest BCUT2D eigenvalue weighted by atomic mass is 79.9. The van der Waals surface area contributed by atoms with Crippen LogP contribution in [0, 0.1) is 0 Å². The molecule has 0 spiro atoms. The molecule has 22 heavy (non-hydrogen) atoms. The van der Waals surface area contributed by atoms with Gasteiger partial charge in [-0.2, -0.15) is 5.10 Å². The predicted molar refractivity (Wildman–Crippen MR) is 93.1 cm³/mol. The van der Waals surface area contributed by atoms with Gasteiger partial charge < -0.3 is 4.42 Å². The normalized spacial score (nSPS) is 11.2. The van der Waals surface area contributed by atoms with Gasteiger partial charge in [0.15, 0.2) is 4.67 Å². The number of benzene rings is 2. The summed E-state index contributed by atoms with van der Waals surface area (Å²) in [5.41, 5.74) is 3.09. The van der Waals surface area contributed by atoms with Crippen molar-refractivity contribution in [3.05, 3.63) is 69.0 Å². The number of fused-ring (bicyclic) bond motifs is 1. The first-order valence-corrected chi connectivity index (χ1v) is 8.00. The lowest BCUT2D eigenvalue weighted by Crippen LogP contribution is -2.17. The highest BCUT2D eigenvalue weighted by Crippen LogP contribution is 2.25. The molecule has 3 rings (SSSR count). The van der Waals surface area contributed by atoms with Gasteiger partial charge in [0, 0.05) is 11.6 Å². The molecule has 4 nitrogen and oxygen atoms in total. The fourth-order valence-corrected chi connectivity index (χ4v) is 2.67. The number of hydrogen-bond donors (Lipinski definition) is 1. The number of nitrogens with zero attached hydrogens (tertiary/aromatic N) is 1. The Kier molecular flexibility index (Phi) is 4.40. The molecule has 0 radical (unpaired) electrons. The van der Waals surface area contributed by atoms with Gasteiger partial charge in [-0.15, -0.1) is 0 Å². The molecule has 0 bridgehead atoms. The molecule has 1 heterocycles. The topological polar surface area (TPSA) is 54.6 Å². The van der Waals surface area contributed by atoms with Crippen LogP contribution in [0.25, 0.3) is 10.8 Å². The van der Waals surface area contributed by atoms with E-state index in [4.69, 9.17) is 4.42 Å². The van der Waals surface area contributed by atoms with Gasteiger partial charge in [-0.05, 0) is 48.7 Å². The Labute approximate surface area is 143 Å². The van der Waals surface area contributed by atoms with Crippen LogP contribution in [0.2, 0.25) is 0 Å². The maximum Gasteiger partial charge on any atom is 0.271 e. The average Bonchev–Trinajstić information content (AvgIpc) is 2.85. The monoisotopic (exact) mass is 420 g/mol. The Morgan fingerprint density at radius 1 is 1.14 bits per heavy atom. The quantitative estimate of drug-likeness (QED) is 0.491. The molecule has 0 fully saturated rings. The zero-order chi connectivity index (χ0) is 15.5. The first-order chi connectivity index (χ1) is 10.6. The lowest BCUT2D eigenvalue weighted by Gasteiger charge is -2.04. The summed E-state index contributed by atoms with van der Waals surface area (Å²) >= 11 is 6.55. The third-order valence-corrected chi connectivity index (χ3v) is 4.77. The summed E-state index contributed by atoms with van der Waals surface area (Å²) in [6.45, 7) is 0. The number of amides is 1. The summed E-state index contributed by atoms with van der Waals surface area (Å²) < 4.78 is 6.71. The van der Waals surface area contributed by atoms with Crippen LogP contribution in [-0.2, 0) is 0 Å². The summed E-state index contributed by atoms with van der Waals surface area (Å²) in [6, 6.07) is 15.1. The molecule has 2 aromatic carbocycles. The molecular formula is C16H10Br2N2O2. The molecule has 0 saturated carbocycles. The lowest BCUT2D eigenvalue weighted by molar-refractivity contribution is 0.0957. The zero-order valence-electron chi connectivity index (χ0n) is 11.2. The van der Waals surface area contributed by atoms with Gasteiger partial charge in [0.25, 0.3) is 5.91 Å². The highest BCUT2D eigenvalue weighted by molar-refractivity contribution is 9.13. The Balaban J connectivity index is 1.79. The van der Waals surface area contributed by atoms with Crippen molar-refractivity contribution in [1.82, 2.24) is 5.43 Å². The minimum Gasteiger partial charge on any atom is -0.447 e. The van der Waals surface area contributed by atoms with E-state index in [1.807, 2.05) is 36.4 Å². The number of carbonyl (C=O) groups excluding carboxylic acids is 1. The molecule has 1 aromatic heterocycles. The summed E-state index contributed by atoms with van der Waals surface area (Å²) in [6.07, 6.45) is 1.44. The van der Waals surface area contributed by atoms with Crippen molar-refractivity contribution in [3.63, 3.8) is 0 Å². The second-order valence-electron chi connectivity index (χ2n) is 4.50. The second kappa shape index (κ2) is 6.46. The molecule has 1 N–H and O–H groups in total. The summed E-state index contributed by atoms with van der Waals surface area (Å²) in [5, 5.41) is 5.82. The van der Waals surface area contributed by atoms with Crippen molar-refractivity contribution in [2.24, 2.45) is 5.10 Å². The van der Waals surface area contributed by atoms with E-state index in [9.17, 15) is 4.79 Å². The number of furan rings is 1. The van der Waals surface area contributed by atoms with E-state index in [-0.39, 0.29) is 5.91 Å². The smallest absolute Gasteiger partial charge is 0.271 e. The fraction of sp³-hybridized carbons (Fsp3) is 0. The van der Waals surface area contributed by atoms with Gasteiger partial charge in [0.1, 0.15) is 5.76 Å². The first-order valence-electron chi connectivity index (χ1n) is 6.41. The summed E-state index contributed by atoms with van der Waals surface area (Å²) in [7, 11) is 0. The number of carbonyl (C=O) groups is 1. The van der Waals surface area contributed by atoms with Gasteiger partial charge >= 0.3 is 0 Å². The van der Waals surface area contributed by atoms with E-state index in [0.717, 1.165) is 15.2 Å². The molecule has 0 unspecified atom stereocenters. The lowest BCUT2D eigenvalue weighted by atomic mass is 10.0. The molecule has 0 aliphatic heterocycles. The first kappa shape index (κ1) is 15.0. The van der Waals surface area contributed by atoms with Crippen molar-refractivity contribution < 1.29 is 9.21 Å². The van der Waals surface area contributed by atoms with Crippen LogP contribution in [-0.4, -0.2) is 12.1 Å². The molecule has 0 atom stereocenters. The molecule has 110 valence electrons. The molecule has 1 amide bonds. The van der Waals surface area contributed by atoms with Crippen LogP contribution in [0.1, 0.15) is 16.1 Å². The van der Waals surface area contributed by atoms with Crippen molar-refractivity contribution in [2.75, 3.05) is 0 Å². The van der Waals surface area contributed by atoms with Crippen LogP contribution in [0.3, 0.4) is 0 Å². The number of hydrogen-bond acceptors (Lipinski definition) is 3. The third-order valence-electron chi connectivity index (χ3n) is 3.06. The largest absolute Gasteiger partial charge is 0.447 e. The predicted octanol–water partition coefficient (Wildman–Crippen LogP) is 4.72. The van der Waals surface area contributed by atoms with Gasteiger partial charge in [-0.25, -0.2) is 5.43 Å². The maximum absolute atomic E-state index is 12.2. The Hall–Kier alpha value is -1.92. The number of halogens is 2. The highest BCUT2D eigenvalue weighted by Gasteiger charge is 2.08. The number of hydrazone groups is 1. The van der Waals surface area contributed by atoms with Crippen molar-refractivity contribution in [3.8, 4) is 0 Å². The molecule has 6 heteroatoms. The van der Waals surface area contributed by atoms with Gasteiger partial charge in [0.05, 0.1) is 10.7 Å². The van der Waals surface area contributed by atoms with E-state index < -0.39 is 0 Å². The fourth-order valence-electron chi connectivity index (χ4n) is 2.07. The van der Waals surface area contributed by atoms with Gasteiger partial charge in [0.2, 0.25) is 0 Å². The molecular weight excluding hydrogens is 412 g/mol. The van der Waals surface area contributed by atoms with E-state index in [0.29, 0.717) is 16.0 Å². The maximum atomic E-state index is 12.2. The van der Waals surface area contributed by atoms with E-state index in [1.54, 1.807) is 12.1 Å². The van der Waals surface area contributed by atoms with Crippen LogP contribution in [0.5, 0.6) is 0 Å². The van der Waals surface area contributed by atoms with Crippen molar-refractivity contribution in [2.45, 2.75) is 0 Å². The van der Waals surface area contributed by atoms with Crippen LogP contribution >= 0.6 is 31.9 Å². The second-order valence-corrected chi connectivity index (χ2v) is 6.07. The standard InChI is InChI=1S/C16H10Br2N2O2/c17-14-8-11(22-15(14)18)9-19-20-16(21)13-7-3-5-10-4-1-2-6-12(10)13/h1-9H,(H,20,21)/b19-9-. The van der Waals surface area contributed by atoms with Gasteiger partial charge in [-0.1, -0.05) is 36.4 Å². The molecule has 0 aliphatic carbocycles. The molecule has 3 aromatic rings. The summed E-state index contributed by atoms with van der Waals surface area (Å²) in [5.74, 6) is 0.259. The minimum absolute atomic E-state index is 0.266. The number of nitrogens with one attached hydrogen (secondary N) is 1. The Bertz CT molecular complexity index is 847. The summed E-state index contributed by atoms with van der Waals surface area (Å²) in [4.78, 5) is 12.2. The van der Waals surface area contributed by atoms with Gasteiger partial charge in [-0.3, -0.25) is 4.79 Å². The zero-order valence-corrected chi connectivity index (χ0v) is 14.4. The van der Waals surface area contributed by atoms with Crippen molar-refractivity contribution >= 4 is 54.8 Å². The van der Waals surface area contributed by atoms with Crippen LogP contribution < -0.4 is 5.43 Å². The Morgan fingerprint density at radius 2 is 1.91 bits per heavy atom. The van der Waals surface area contributed by atoms with Crippen LogP contribution in [0.15, 0.2) is 67.2 Å². The SMILES string of the molecule is O=C(N/N=C\c1cc(Br)c(Br)o1)c1cccc2ccccc12. The third kappa shape index (κ3) is 3.13. The van der Waals surface area contributed by atoms with E-state index in [1.165, 1.54) is 6.21 Å². The average molecular weight is 422 g/mol. The Morgan fingerprint density at radius 3 is 2.68 bits per heavy atom. The minimum atomic E-state index is -0.266. The van der Waals surface area contributed by atoms with E-state index in [2.05, 4.69) is 42.4 Å². The molecule has 0 saturated heterocycles. The van der Waals surface area contributed by atoms with E-state index >= 15 is 0 Å². The molecule has 0 aliphatic rings. The van der Waals surface area contributed by atoms with Crippen molar-refractivity contribution in [1.29, 1.82) is 0 Å².